The summed E-state index contributed by atoms with van der Waals surface area (Å²) in [4.78, 5) is 25.6. The monoisotopic (exact) mass is 338 g/mol. The highest BCUT2D eigenvalue weighted by atomic mass is 16.5. The van der Waals surface area contributed by atoms with Gasteiger partial charge in [0.2, 0.25) is 0 Å². The van der Waals surface area contributed by atoms with Gasteiger partial charge in [0, 0.05) is 0 Å². The number of carbonyl (C=O) groups excluding carboxylic acids is 2. The number of carbonyl (C=O) groups is 2. The number of methoxy groups -OCH3 is 1. The first-order chi connectivity index (χ1) is 12.1. The van der Waals surface area contributed by atoms with E-state index in [1.54, 1.807) is 12.1 Å². The Bertz CT molecular complexity index is 810. The molecular formula is C19H18N2O4. The molecule has 1 N–H and O–H groups in total. The SMILES string of the molecule is COc1cc(/C=N/N2C(=O)[C@@H]3[C@@H]4C=C[C@@H]([C@H]5C[C@@H]45)[C@@H]3C2=O)ccc1O. The Morgan fingerprint density at radius 1 is 1.16 bits per heavy atom. The van der Waals surface area contributed by atoms with Gasteiger partial charge in [-0.3, -0.25) is 9.59 Å². The highest BCUT2D eigenvalue weighted by Crippen LogP contribution is 2.65. The summed E-state index contributed by atoms with van der Waals surface area (Å²) in [5, 5.41) is 14.9. The lowest BCUT2D eigenvalue weighted by molar-refractivity contribution is -0.140. The smallest absolute Gasteiger partial charge is 0.254 e. The van der Waals surface area contributed by atoms with Crippen LogP contribution in [0, 0.1) is 35.5 Å². The number of amides is 2. The normalized spacial score (nSPS) is 37.6. The van der Waals surface area contributed by atoms with Gasteiger partial charge >= 0.3 is 0 Å². The highest BCUT2D eigenvalue weighted by molar-refractivity contribution is 6.06. The summed E-state index contributed by atoms with van der Waals surface area (Å²) in [5.74, 6) is 1.08. The Kier molecular flexibility index (Phi) is 2.90. The summed E-state index contributed by atoms with van der Waals surface area (Å²) < 4.78 is 5.06. The molecule has 25 heavy (non-hydrogen) atoms. The van der Waals surface area contributed by atoms with E-state index in [2.05, 4.69) is 17.3 Å². The number of rotatable bonds is 3. The van der Waals surface area contributed by atoms with Crippen LogP contribution < -0.4 is 4.74 Å². The number of phenols is 1. The van der Waals surface area contributed by atoms with Crippen molar-refractivity contribution in [2.24, 2.45) is 40.6 Å². The molecule has 4 aliphatic carbocycles. The first-order valence-electron chi connectivity index (χ1n) is 8.57. The molecule has 6 rings (SSSR count). The van der Waals surface area contributed by atoms with Crippen molar-refractivity contribution in [2.45, 2.75) is 6.42 Å². The molecule has 3 fully saturated rings. The van der Waals surface area contributed by atoms with Gasteiger partial charge in [0.25, 0.3) is 11.8 Å². The van der Waals surface area contributed by atoms with Crippen molar-refractivity contribution in [1.82, 2.24) is 5.01 Å². The minimum atomic E-state index is -0.238. The van der Waals surface area contributed by atoms with Crippen LogP contribution in [-0.4, -0.2) is 35.3 Å². The van der Waals surface area contributed by atoms with E-state index in [0.717, 1.165) is 11.4 Å². The number of allylic oxidation sites excluding steroid dienone is 2. The molecule has 5 aliphatic rings. The van der Waals surface area contributed by atoms with Gasteiger partial charge in [0.05, 0.1) is 25.2 Å². The summed E-state index contributed by atoms with van der Waals surface area (Å²) in [7, 11) is 1.46. The zero-order chi connectivity index (χ0) is 17.3. The molecule has 1 saturated heterocycles. The second-order valence-corrected chi connectivity index (χ2v) is 7.32. The summed E-state index contributed by atoms with van der Waals surface area (Å²) in [5.41, 5.74) is 0.647. The maximum Gasteiger partial charge on any atom is 0.254 e. The zero-order valence-corrected chi connectivity index (χ0v) is 13.7. The van der Waals surface area contributed by atoms with E-state index in [4.69, 9.17) is 4.74 Å². The maximum atomic E-state index is 12.8. The molecule has 2 saturated carbocycles. The molecule has 2 amide bonds. The standard InChI is InChI=1S/C19H18N2O4/c1-25-15-6-9(2-5-14(15)22)8-20-21-18(23)16-10-3-4-11(13-7-12(10)13)17(16)19(21)24/h2-6,8,10-13,16-17,22H,7H2,1H3/b20-8+/t10-,11+,12+,13-,16-,17+. The summed E-state index contributed by atoms with van der Waals surface area (Å²) >= 11 is 0. The average molecular weight is 338 g/mol. The summed E-state index contributed by atoms with van der Waals surface area (Å²) in [6.07, 6.45) is 6.89. The van der Waals surface area contributed by atoms with E-state index in [9.17, 15) is 14.7 Å². The predicted octanol–water partition coefficient (Wildman–Crippen LogP) is 1.79. The van der Waals surface area contributed by atoms with E-state index in [1.807, 2.05) is 0 Å². The molecule has 1 aromatic rings. The van der Waals surface area contributed by atoms with Crippen molar-refractivity contribution in [1.29, 1.82) is 0 Å². The number of benzene rings is 1. The van der Waals surface area contributed by atoms with Gasteiger partial charge < -0.3 is 9.84 Å². The molecule has 0 radical (unpaired) electrons. The van der Waals surface area contributed by atoms with Crippen molar-refractivity contribution < 1.29 is 19.4 Å². The van der Waals surface area contributed by atoms with Gasteiger partial charge in [0.15, 0.2) is 11.5 Å². The van der Waals surface area contributed by atoms with Crippen molar-refractivity contribution in [3.63, 3.8) is 0 Å². The van der Waals surface area contributed by atoms with Crippen molar-refractivity contribution in [2.75, 3.05) is 7.11 Å². The van der Waals surface area contributed by atoms with Crippen molar-refractivity contribution >= 4 is 18.0 Å². The lowest BCUT2D eigenvalue weighted by Crippen LogP contribution is -2.40. The molecule has 0 aromatic heterocycles. The molecule has 1 aliphatic heterocycles. The minimum absolute atomic E-state index is 0.0286. The van der Waals surface area contributed by atoms with Crippen molar-refractivity contribution in [3.8, 4) is 11.5 Å². The molecule has 1 aromatic carbocycles. The second kappa shape index (κ2) is 4.94. The average Bonchev–Trinajstić information content (AvgIpc) is 3.40. The highest BCUT2D eigenvalue weighted by Gasteiger charge is 2.67. The van der Waals surface area contributed by atoms with Crippen LogP contribution in [0.15, 0.2) is 35.5 Å². The largest absolute Gasteiger partial charge is 0.504 e. The molecule has 0 unspecified atom stereocenters. The fourth-order valence-corrected chi connectivity index (χ4v) is 4.95. The first-order valence-corrected chi connectivity index (χ1v) is 8.57. The van der Waals surface area contributed by atoms with Gasteiger partial charge in [-0.2, -0.15) is 10.1 Å². The summed E-state index contributed by atoms with van der Waals surface area (Å²) in [6.45, 7) is 0. The molecule has 6 nitrogen and oxygen atoms in total. The Hall–Kier alpha value is -2.63. The molecule has 1 heterocycles. The van der Waals surface area contributed by atoms with Crippen molar-refractivity contribution in [3.05, 3.63) is 35.9 Å². The third kappa shape index (κ3) is 1.94. The van der Waals surface area contributed by atoms with E-state index in [-0.39, 0.29) is 41.2 Å². The number of hydrazone groups is 1. The maximum absolute atomic E-state index is 12.8. The first kappa shape index (κ1) is 14.7. The number of nitrogens with zero attached hydrogens (tertiary/aromatic N) is 2. The number of ether oxygens (including phenoxy) is 1. The van der Waals surface area contributed by atoms with E-state index < -0.39 is 0 Å². The molecule has 0 spiro atoms. The van der Waals surface area contributed by atoms with E-state index >= 15 is 0 Å². The van der Waals surface area contributed by atoms with Crippen LogP contribution in [-0.2, 0) is 9.59 Å². The van der Waals surface area contributed by atoms with Crippen LogP contribution in [0.4, 0.5) is 0 Å². The second-order valence-electron chi connectivity index (χ2n) is 7.32. The van der Waals surface area contributed by atoms with Crippen LogP contribution in [0.3, 0.4) is 0 Å². The van der Waals surface area contributed by atoms with Gasteiger partial charge in [-0.25, -0.2) is 0 Å². The number of phenolic OH excluding ortho intramolecular Hbond substituents is 1. The number of hydrogen-bond acceptors (Lipinski definition) is 5. The minimum Gasteiger partial charge on any atom is -0.504 e. The van der Waals surface area contributed by atoms with Crippen LogP contribution in [0.5, 0.6) is 11.5 Å². The zero-order valence-electron chi connectivity index (χ0n) is 13.7. The topological polar surface area (TPSA) is 79.2 Å². The fourth-order valence-electron chi connectivity index (χ4n) is 4.95. The Morgan fingerprint density at radius 2 is 1.80 bits per heavy atom. The molecule has 128 valence electrons. The number of hydrogen-bond donors (Lipinski definition) is 1. The van der Waals surface area contributed by atoms with E-state index in [0.29, 0.717) is 23.1 Å². The third-order valence-corrected chi connectivity index (χ3v) is 6.17. The van der Waals surface area contributed by atoms with E-state index in [1.165, 1.54) is 19.4 Å². The lowest BCUT2D eigenvalue weighted by Gasteiger charge is -2.37. The number of aromatic hydroxyl groups is 1. The van der Waals surface area contributed by atoms with Gasteiger partial charge in [-0.05, 0) is 53.9 Å². The number of imide groups is 1. The third-order valence-electron chi connectivity index (χ3n) is 6.17. The van der Waals surface area contributed by atoms with Crippen LogP contribution in [0.25, 0.3) is 0 Å². The molecule has 6 atom stereocenters. The van der Waals surface area contributed by atoms with Crippen LogP contribution >= 0.6 is 0 Å². The van der Waals surface area contributed by atoms with Crippen LogP contribution in [0.2, 0.25) is 0 Å². The Balaban J connectivity index is 1.42. The predicted molar refractivity (Wildman–Crippen MR) is 88.8 cm³/mol. The summed E-state index contributed by atoms with van der Waals surface area (Å²) in [6, 6.07) is 4.75. The lowest BCUT2D eigenvalue weighted by atomic mass is 9.63. The van der Waals surface area contributed by atoms with Gasteiger partial charge in [-0.1, -0.05) is 12.2 Å². The fraction of sp³-hybridized carbons (Fsp3) is 0.421. The molecule has 6 heteroatoms. The van der Waals surface area contributed by atoms with Gasteiger partial charge in [0.1, 0.15) is 0 Å². The van der Waals surface area contributed by atoms with Gasteiger partial charge in [-0.15, -0.1) is 0 Å². The van der Waals surface area contributed by atoms with Crippen LogP contribution in [0.1, 0.15) is 12.0 Å². The molecule has 2 bridgehead atoms. The molecular weight excluding hydrogens is 320 g/mol. The Morgan fingerprint density at radius 3 is 2.40 bits per heavy atom. The quantitative estimate of drug-likeness (QED) is 0.518. The Labute approximate surface area is 144 Å².